The van der Waals surface area contributed by atoms with Gasteiger partial charge in [-0.1, -0.05) is 67.7 Å². The fourth-order valence-corrected chi connectivity index (χ4v) is 18.6. The largest absolute Gasteiger partial charge is 0.369 e. The van der Waals surface area contributed by atoms with E-state index >= 15 is 0 Å². The summed E-state index contributed by atoms with van der Waals surface area (Å²) in [6.45, 7) is 17.8. The van der Waals surface area contributed by atoms with Crippen molar-refractivity contribution in [2.45, 2.75) is 116 Å². The van der Waals surface area contributed by atoms with Crippen molar-refractivity contribution in [2.24, 2.45) is 72.5 Å². The third-order valence-corrected chi connectivity index (χ3v) is 26.8. The summed E-state index contributed by atoms with van der Waals surface area (Å²) in [5.41, 5.74) is 38.7. The second-order valence-electron chi connectivity index (χ2n) is 30.8. The number of terminal acetylenes is 2. The Labute approximate surface area is 745 Å². The van der Waals surface area contributed by atoms with Gasteiger partial charge in [0.2, 0.25) is 23.9 Å². The smallest absolute Gasteiger partial charge is 0.354 e. The molecule has 15 rings (SSSR count). The highest BCUT2D eigenvalue weighted by Gasteiger charge is 2.62. The Balaban J connectivity index is 0.000000153. The Bertz CT molecular complexity index is 6480. The van der Waals surface area contributed by atoms with Gasteiger partial charge in [-0.3, -0.25) is 63.1 Å². The van der Waals surface area contributed by atoms with Gasteiger partial charge in [-0.15, -0.1) is 76.0 Å². The van der Waals surface area contributed by atoms with Gasteiger partial charge in [-0.05, 0) is 190 Å². The highest BCUT2D eigenvalue weighted by molar-refractivity contribution is 7.12. The van der Waals surface area contributed by atoms with E-state index in [4.69, 9.17) is 41.5 Å². The summed E-state index contributed by atoms with van der Waals surface area (Å²) < 4.78 is 46.0. The zero-order valence-electron chi connectivity index (χ0n) is 72.0. The molecule has 3 aromatic carbocycles. The number of nitrogens with zero attached hydrogens (tertiary/aromatic N) is 15. The number of carbonyl (C=O) groups excluding carboxylic acids is 5. The Morgan fingerprint density at radius 3 is 1.60 bits per heavy atom. The third kappa shape index (κ3) is 18.7. The van der Waals surface area contributed by atoms with E-state index in [0.29, 0.717) is 26.5 Å². The molecule has 0 saturated carbocycles. The van der Waals surface area contributed by atoms with Crippen molar-refractivity contribution in [1.82, 2.24) is 44.2 Å². The van der Waals surface area contributed by atoms with Crippen LogP contribution in [0.2, 0.25) is 0 Å². The van der Waals surface area contributed by atoms with Crippen molar-refractivity contribution in [1.29, 1.82) is 5.26 Å². The van der Waals surface area contributed by atoms with Crippen molar-refractivity contribution < 1.29 is 37.1 Å². The fourth-order valence-electron chi connectivity index (χ4n) is 14.3. The van der Waals surface area contributed by atoms with Gasteiger partial charge in [0.25, 0.3) is 5.91 Å². The second-order valence-corrected chi connectivity index (χ2v) is 34.8. The van der Waals surface area contributed by atoms with E-state index in [1.54, 1.807) is 106 Å². The predicted octanol–water partition coefficient (Wildman–Crippen LogP) is 13.3. The second kappa shape index (κ2) is 37.4. The van der Waals surface area contributed by atoms with E-state index in [2.05, 4.69) is 119 Å². The van der Waals surface area contributed by atoms with Crippen molar-refractivity contribution in [3.8, 4) is 122 Å². The van der Waals surface area contributed by atoms with E-state index in [9.17, 15) is 42.4 Å². The van der Waals surface area contributed by atoms with Gasteiger partial charge in [0.15, 0.2) is 35.3 Å². The minimum absolute atomic E-state index is 0.00493. The number of thiophene rings is 4. The number of rotatable bonds is 10. The van der Waals surface area contributed by atoms with Crippen LogP contribution >= 0.6 is 45.3 Å². The molecule has 7 aromatic heterocycles. The van der Waals surface area contributed by atoms with Crippen LogP contribution in [-0.2, 0) is 53.2 Å². The summed E-state index contributed by atoms with van der Waals surface area (Å²) in [6, 6.07) is 36.3. The first-order valence-electron chi connectivity index (χ1n) is 39.1. The van der Waals surface area contributed by atoms with E-state index < -0.39 is 46.1 Å². The molecule has 8 atom stereocenters. The normalized spacial score (nSPS) is 21.6. The molecular formula is C94H91F3N20O5S4. The van der Waals surface area contributed by atoms with E-state index in [0.717, 1.165) is 104 Å². The van der Waals surface area contributed by atoms with Crippen LogP contribution in [-0.4, -0.2) is 151 Å². The number of benzene rings is 3. The Hall–Kier alpha value is -14.3. The van der Waals surface area contributed by atoms with Crippen molar-refractivity contribution in [3.63, 3.8) is 0 Å². The number of aliphatic imine (C=N–C) groups is 5. The summed E-state index contributed by atoms with van der Waals surface area (Å²) in [5.74, 6) is 16.7. The summed E-state index contributed by atoms with van der Waals surface area (Å²) in [5, 5.41) is 19.4. The van der Waals surface area contributed by atoms with Crippen LogP contribution in [0.1, 0.15) is 138 Å². The summed E-state index contributed by atoms with van der Waals surface area (Å²) >= 11 is 5.63. The molecule has 0 saturated heterocycles. The highest BCUT2D eigenvalue weighted by Crippen LogP contribution is 2.49. The molecule has 0 fully saturated rings. The van der Waals surface area contributed by atoms with Crippen molar-refractivity contribution in [2.75, 3.05) is 35.2 Å². The molecule has 32 heteroatoms. The van der Waals surface area contributed by atoms with Crippen LogP contribution in [0.4, 0.5) is 13.2 Å². The lowest BCUT2D eigenvalue weighted by Crippen LogP contribution is -2.60. The molecule has 5 aliphatic heterocycles. The summed E-state index contributed by atoms with van der Waals surface area (Å²) in [6.07, 6.45) is 16.1. The Kier molecular flexibility index (Phi) is 27.5. The Morgan fingerprint density at radius 1 is 0.508 bits per heavy atom. The molecule has 126 heavy (non-hydrogen) atoms. The molecule has 642 valence electrons. The number of hydrogen-bond donors (Lipinski definition) is 5. The van der Waals surface area contributed by atoms with Gasteiger partial charge in [0.1, 0.15) is 16.6 Å². The maximum Gasteiger partial charge on any atom is 0.354 e. The standard InChI is InChI=1S/C20H21N3OS.C19H21N5O.C19H16N4OS.C18H16F2N4OS.C18H17FN4OS/c1-5-7-14-8-6-9-15(10-14)16-11-17(25-13(16)3)18-12(2)19(24)23(4)20(21)22-18;1-6-13-8-7-9-14(10-13)15-11-16(24(5)22-15)19(3)12(2)17(25)23(4)18(20)21-19;1-4-12-5-13(10-20)7-14(6-12)15-8-16(25-11-15)19(2)9-17(24)23(3)18(21)22-19;1-4-5-11-6-12(9-22-8-11)13-7-14(26-10-13)17(2)18(19,20)15(25)24(3)16(21)23-17;1-4-5-11-6-12(9-21-8-11)13-7-14(25-10-13)18(2)15(19)16(24)23(3)17(20)22-18/h6,8-12,18H,1-4H3,(H2,21,22);1,7-12H,2-5H3,(H2,20,21);1,5-8,11H,9H2,2-3H3,(H2,21,22);6-10H,1-3H3,(H2,21,23);6-10,15H,1-3H3,(H2,20,22)/t12-,18+;12?,19-;19-;17-;15-,18+/m10010/s1. The molecule has 10 N–H and O–H groups in total. The molecule has 10 aromatic rings. The van der Waals surface area contributed by atoms with Crippen molar-refractivity contribution >= 4 is 105 Å². The zero-order valence-corrected chi connectivity index (χ0v) is 75.3. The topological polar surface area (TPSA) is 361 Å². The highest BCUT2D eigenvalue weighted by atomic mass is 32.1. The zero-order chi connectivity index (χ0) is 92.0. The maximum absolute atomic E-state index is 14.8. The third-order valence-electron chi connectivity index (χ3n) is 22.2. The molecule has 5 amide bonds. The lowest BCUT2D eigenvalue weighted by atomic mass is 9.82. The molecule has 5 aliphatic rings. The van der Waals surface area contributed by atoms with Crippen LogP contribution < -0.4 is 28.7 Å². The molecule has 0 radical (unpaired) electrons. The Morgan fingerprint density at radius 2 is 1.00 bits per heavy atom. The van der Waals surface area contributed by atoms with Gasteiger partial charge >= 0.3 is 11.8 Å². The molecular weight excluding hydrogens is 1670 g/mol. The van der Waals surface area contributed by atoms with Gasteiger partial charge in [-0.2, -0.15) is 19.1 Å². The lowest BCUT2D eigenvalue weighted by molar-refractivity contribution is -0.165. The van der Waals surface area contributed by atoms with Gasteiger partial charge in [0.05, 0.1) is 47.3 Å². The lowest BCUT2D eigenvalue weighted by Gasteiger charge is -2.39. The molecule has 0 aliphatic carbocycles. The predicted molar refractivity (Wildman–Crippen MR) is 493 cm³/mol. The number of aromatic nitrogens is 4. The summed E-state index contributed by atoms with van der Waals surface area (Å²) in [7, 11) is 9.36. The van der Waals surface area contributed by atoms with Crippen LogP contribution in [0.5, 0.6) is 0 Å². The number of guanidine groups is 5. The first kappa shape index (κ1) is 92.5. The number of hydrogen-bond acceptors (Lipinski definition) is 23. The number of alkyl halides is 3. The monoisotopic (exact) mass is 1760 g/mol. The van der Waals surface area contributed by atoms with Crippen LogP contribution in [0.3, 0.4) is 0 Å². The van der Waals surface area contributed by atoms with E-state index in [-0.39, 0.29) is 76.7 Å². The summed E-state index contributed by atoms with van der Waals surface area (Å²) in [4.78, 5) is 101. The minimum Gasteiger partial charge on any atom is -0.369 e. The molecule has 0 spiro atoms. The first-order chi connectivity index (χ1) is 59.6. The average molecular weight is 1770 g/mol. The molecule has 25 nitrogen and oxygen atoms in total. The number of nitrogens with two attached hydrogens (primary N) is 5. The number of aryl methyl sites for hydroxylation is 2. The number of amides is 5. The van der Waals surface area contributed by atoms with Crippen LogP contribution in [0.15, 0.2) is 175 Å². The van der Waals surface area contributed by atoms with E-state index in [1.807, 2.05) is 125 Å². The quantitative estimate of drug-likeness (QED) is 0.0795. The van der Waals surface area contributed by atoms with Gasteiger partial charge < -0.3 is 28.7 Å². The van der Waals surface area contributed by atoms with Crippen LogP contribution in [0.25, 0.3) is 55.8 Å². The van der Waals surface area contributed by atoms with Crippen molar-refractivity contribution in [3.05, 3.63) is 214 Å². The number of pyridine rings is 2. The van der Waals surface area contributed by atoms with Gasteiger partial charge in [0, 0.05) is 136 Å². The number of halogens is 3. The fraction of sp³-hybridized carbons (Fsp3) is 0.277. The number of nitriles is 1. The maximum atomic E-state index is 14.8. The average Bonchev–Trinajstić information content (AvgIpc) is 1.15. The minimum atomic E-state index is -3.71. The molecule has 12 heterocycles. The number of carbonyl (C=O) groups is 5. The van der Waals surface area contributed by atoms with E-state index in [1.165, 1.54) is 63.3 Å². The van der Waals surface area contributed by atoms with Crippen LogP contribution in [0, 0.1) is 90.3 Å². The molecule has 0 bridgehead atoms. The first-order valence-corrected chi connectivity index (χ1v) is 42.5. The molecule has 1 unspecified atom stereocenters. The SMILES string of the molecule is C#Cc1cc(C#N)cc(-c2csc([C@]3(C)CC(=O)N(C)C(N)=N3)c2)c1.C#Cc1cccc(-c2cc([C@@]3(C)N=C(N)N(C)C(=O)C3C)n(C)n2)c1.CC#Cc1cccc(-c2cc([C@H]3N=C(N)N(C)C(=O)[C@@H]3C)sc2C)c1.CC#Cc1cncc(-c2csc([C@@]3(C)N=C(N)N(C)C(=O)C3(F)F)c2)c1.CC#Cc1cncc(-c2csc([C@@]3(C)N=C(N)N(C)C(=O)[C@@H]3F)c2)c1. The van der Waals surface area contributed by atoms with Gasteiger partial charge in [-0.25, -0.2) is 29.4 Å².